The summed E-state index contributed by atoms with van der Waals surface area (Å²) in [4.78, 5) is 23.6. The Morgan fingerprint density at radius 2 is 1.73 bits per heavy atom. The topological polar surface area (TPSA) is 64.6 Å². The second-order valence-corrected chi connectivity index (χ2v) is 6.03. The summed E-state index contributed by atoms with van der Waals surface area (Å²) >= 11 is 0. The van der Waals surface area contributed by atoms with E-state index in [-0.39, 0.29) is 24.5 Å². The van der Waals surface area contributed by atoms with Gasteiger partial charge in [0.15, 0.2) is 6.61 Å². The van der Waals surface area contributed by atoms with Crippen molar-refractivity contribution in [3.05, 3.63) is 65.7 Å². The minimum atomic E-state index is -0.371. The molecule has 0 aromatic heterocycles. The maximum absolute atomic E-state index is 12.0. The third-order valence-electron chi connectivity index (χ3n) is 3.85. The lowest BCUT2D eigenvalue weighted by Crippen LogP contribution is -2.36. The number of rotatable bonds is 9. The van der Waals surface area contributed by atoms with E-state index in [0.717, 1.165) is 12.8 Å². The third-order valence-corrected chi connectivity index (χ3v) is 3.85. The van der Waals surface area contributed by atoms with Crippen molar-refractivity contribution in [1.82, 2.24) is 5.32 Å². The summed E-state index contributed by atoms with van der Waals surface area (Å²) in [7, 11) is 0. The summed E-state index contributed by atoms with van der Waals surface area (Å²) in [6.45, 7) is 4.01. The number of ether oxygens (including phenoxy) is 2. The van der Waals surface area contributed by atoms with Gasteiger partial charge in [-0.05, 0) is 56.5 Å². The molecule has 5 heteroatoms. The van der Waals surface area contributed by atoms with Gasteiger partial charge in [-0.25, -0.2) is 4.79 Å². The van der Waals surface area contributed by atoms with Crippen LogP contribution in [-0.4, -0.2) is 31.1 Å². The van der Waals surface area contributed by atoms with Crippen molar-refractivity contribution in [1.29, 1.82) is 0 Å². The van der Waals surface area contributed by atoms with E-state index >= 15 is 0 Å². The molecule has 0 spiro atoms. The number of carbonyl (C=O) groups is 2. The Balaban J connectivity index is 1.71. The minimum Gasteiger partial charge on any atom is -0.484 e. The van der Waals surface area contributed by atoms with Crippen molar-refractivity contribution >= 4 is 11.9 Å². The van der Waals surface area contributed by atoms with Gasteiger partial charge in [-0.1, -0.05) is 30.3 Å². The predicted molar refractivity (Wildman–Crippen MR) is 100 cm³/mol. The van der Waals surface area contributed by atoms with Crippen LogP contribution in [0.5, 0.6) is 5.75 Å². The summed E-state index contributed by atoms with van der Waals surface area (Å²) in [6.07, 6.45) is 1.78. The van der Waals surface area contributed by atoms with Crippen molar-refractivity contribution in [3.63, 3.8) is 0 Å². The molecule has 0 aliphatic rings. The van der Waals surface area contributed by atoms with Gasteiger partial charge in [0, 0.05) is 6.04 Å². The summed E-state index contributed by atoms with van der Waals surface area (Å²) in [6, 6.07) is 16.8. The first kappa shape index (κ1) is 19.5. The van der Waals surface area contributed by atoms with Crippen LogP contribution in [0.2, 0.25) is 0 Å². The fourth-order valence-electron chi connectivity index (χ4n) is 2.47. The molecule has 0 aliphatic heterocycles. The number of carbonyl (C=O) groups excluding carboxylic acids is 2. The highest BCUT2D eigenvalue weighted by Crippen LogP contribution is 2.13. The zero-order valence-corrected chi connectivity index (χ0v) is 15.2. The lowest BCUT2D eigenvalue weighted by atomic mass is 10.1. The van der Waals surface area contributed by atoms with Gasteiger partial charge in [0.2, 0.25) is 0 Å². The van der Waals surface area contributed by atoms with Gasteiger partial charge in [0.25, 0.3) is 5.91 Å². The molecule has 1 atom stereocenters. The van der Waals surface area contributed by atoms with Gasteiger partial charge in [-0.3, -0.25) is 4.79 Å². The largest absolute Gasteiger partial charge is 0.484 e. The zero-order valence-electron chi connectivity index (χ0n) is 15.2. The highest BCUT2D eigenvalue weighted by Gasteiger charge is 2.10. The Hall–Kier alpha value is -2.82. The van der Waals surface area contributed by atoms with E-state index in [9.17, 15) is 9.59 Å². The smallest absolute Gasteiger partial charge is 0.338 e. The first-order chi connectivity index (χ1) is 12.6. The Labute approximate surface area is 154 Å². The fraction of sp³-hybridized carbons (Fsp3) is 0.333. The summed E-state index contributed by atoms with van der Waals surface area (Å²) in [5, 5.41) is 2.93. The molecular weight excluding hydrogens is 330 g/mol. The van der Waals surface area contributed by atoms with Gasteiger partial charge in [-0.2, -0.15) is 0 Å². The summed E-state index contributed by atoms with van der Waals surface area (Å²) in [5.74, 6) is -0.00537. The van der Waals surface area contributed by atoms with Crippen molar-refractivity contribution in [2.75, 3.05) is 13.2 Å². The first-order valence-electron chi connectivity index (χ1n) is 8.81. The number of hydrogen-bond acceptors (Lipinski definition) is 4. The normalized spacial score (nSPS) is 11.5. The molecule has 2 aromatic rings. The minimum absolute atomic E-state index is 0.0611. The van der Waals surface area contributed by atoms with E-state index < -0.39 is 0 Å². The SMILES string of the molecule is CCOC(=O)c1ccc(OCC(=O)N[C@@H](C)CCc2ccccc2)cc1. The van der Waals surface area contributed by atoms with Gasteiger partial charge in [0.1, 0.15) is 5.75 Å². The van der Waals surface area contributed by atoms with E-state index in [1.54, 1.807) is 31.2 Å². The van der Waals surface area contributed by atoms with Crippen molar-refractivity contribution < 1.29 is 19.1 Å². The van der Waals surface area contributed by atoms with E-state index in [1.807, 2.05) is 25.1 Å². The quantitative estimate of drug-likeness (QED) is 0.701. The number of benzene rings is 2. The van der Waals surface area contributed by atoms with Crippen molar-refractivity contribution in [2.45, 2.75) is 32.7 Å². The molecule has 0 fully saturated rings. The lowest BCUT2D eigenvalue weighted by molar-refractivity contribution is -0.123. The van der Waals surface area contributed by atoms with Crippen LogP contribution < -0.4 is 10.1 Å². The van der Waals surface area contributed by atoms with E-state index in [1.165, 1.54) is 5.56 Å². The van der Waals surface area contributed by atoms with Crippen molar-refractivity contribution in [3.8, 4) is 5.75 Å². The third kappa shape index (κ3) is 6.59. The fourth-order valence-corrected chi connectivity index (χ4v) is 2.47. The monoisotopic (exact) mass is 355 g/mol. The van der Waals surface area contributed by atoms with Crippen LogP contribution in [0.25, 0.3) is 0 Å². The molecule has 2 rings (SSSR count). The van der Waals surface area contributed by atoms with Gasteiger partial charge in [0.05, 0.1) is 12.2 Å². The standard InChI is InChI=1S/C21H25NO4/c1-3-25-21(24)18-11-13-19(14-12-18)26-15-20(23)22-16(2)9-10-17-7-5-4-6-8-17/h4-8,11-14,16H,3,9-10,15H2,1-2H3,(H,22,23)/t16-/m0/s1. The molecule has 1 N–H and O–H groups in total. The Morgan fingerprint density at radius 3 is 2.38 bits per heavy atom. The van der Waals surface area contributed by atoms with Crippen LogP contribution in [0.15, 0.2) is 54.6 Å². The molecule has 5 nitrogen and oxygen atoms in total. The maximum Gasteiger partial charge on any atom is 0.338 e. The molecule has 1 amide bonds. The number of hydrogen-bond donors (Lipinski definition) is 1. The molecule has 0 radical (unpaired) electrons. The van der Waals surface area contributed by atoms with Gasteiger partial charge < -0.3 is 14.8 Å². The van der Waals surface area contributed by atoms with Gasteiger partial charge in [-0.15, -0.1) is 0 Å². The highest BCUT2D eigenvalue weighted by atomic mass is 16.5. The molecule has 0 saturated heterocycles. The van der Waals surface area contributed by atoms with Gasteiger partial charge >= 0.3 is 5.97 Å². The maximum atomic E-state index is 12.0. The predicted octanol–water partition coefficient (Wildman–Crippen LogP) is 3.38. The second kappa shape index (κ2) is 10.2. The highest BCUT2D eigenvalue weighted by molar-refractivity contribution is 5.89. The molecule has 0 bridgehead atoms. The molecule has 0 aliphatic carbocycles. The second-order valence-electron chi connectivity index (χ2n) is 6.03. The van der Waals surface area contributed by atoms with E-state index in [4.69, 9.17) is 9.47 Å². The van der Waals surface area contributed by atoms with Crippen LogP contribution in [0.3, 0.4) is 0 Å². The molecular formula is C21H25NO4. The average molecular weight is 355 g/mol. The average Bonchev–Trinajstić information content (AvgIpc) is 2.66. The van der Waals surface area contributed by atoms with E-state index in [0.29, 0.717) is 17.9 Å². The number of aryl methyl sites for hydroxylation is 1. The number of nitrogens with one attached hydrogen (secondary N) is 1. The number of esters is 1. The van der Waals surface area contributed by atoms with Crippen LogP contribution in [0, 0.1) is 0 Å². The van der Waals surface area contributed by atoms with Crippen LogP contribution >= 0.6 is 0 Å². The first-order valence-corrected chi connectivity index (χ1v) is 8.81. The molecule has 0 unspecified atom stereocenters. The Morgan fingerprint density at radius 1 is 1.04 bits per heavy atom. The lowest BCUT2D eigenvalue weighted by Gasteiger charge is -2.14. The van der Waals surface area contributed by atoms with E-state index in [2.05, 4.69) is 17.4 Å². The Kier molecular flexibility index (Phi) is 7.68. The van der Waals surface area contributed by atoms with Crippen molar-refractivity contribution in [2.24, 2.45) is 0 Å². The molecule has 138 valence electrons. The zero-order chi connectivity index (χ0) is 18.8. The van der Waals surface area contributed by atoms with Crippen LogP contribution in [0.4, 0.5) is 0 Å². The van der Waals surface area contributed by atoms with Crippen LogP contribution in [-0.2, 0) is 16.0 Å². The molecule has 0 saturated carbocycles. The molecule has 0 heterocycles. The Bertz CT molecular complexity index is 698. The molecule has 2 aromatic carbocycles. The summed E-state index contributed by atoms with van der Waals surface area (Å²) < 4.78 is 10.4. The summed E-state index contributed by atoms with van der Waals surface area (Å²) in [5.41, 5.74) is 1.71. The number of amides is 1. The van der Waals surface area contributed by atoms with Crippen LogP contribution in [0.1, 0.15) is 36.2 Å². The molecule has 26 heavy (non-hydrogen) atoms.